The molecule has 1 aliphatic carbocycles. The second-order valence-corrected chi connectivity index (χ2v) is 5.58. The number of amides is 2. The van der Waals surface area contributed by atoms with Crippen LogP contribution in [0.3, 0.4) is 0 Å². The fourth-order valence-corrected chi connectivity index (χ4v) is 1.92. The zero-order valence-electron chi connectivity index (χ0n) is 11.1. The minimum Gasteiger partial charge on any atom is -0.478 e. The van der Waals surface area contributed by atoms with Crippen molar-refractivity contribution in [3.63, 3.8) is 0 Å². The average Bonchev–Trinajstić information content (AvgIpc) is 2.94. The van der Waals surface area contributed by atoms with Gasteiger partial charge in [-0.3, -0.25) is 0 Å². The summed E-state index contributed by atoms with van der Waals surface area (Å²) in [4.78, 5) is 22.5. The third-order valence-corrected chi connectivity index (χ3v) is 3.45. The van der Waals surface area contributed by atoms with Crippen LogP contribution in [-0.2, 0) is 6.54 Å². The van der Waals surface area contributed by atoms with Crippen LogP contribution in [0.4, 0.5) is 4.79 Å². The van der Waals surface area contributed by atoms with Crippen molar-refractivity contribution in [1.82, 2.24) is 10.6 Å². The molecule has 2 rings (SSSR count). The van der Waals surface area contributed by atoms with Crippen LogP contribution in [0.2, 0.25) is 0 Å². The summed E-state index contributed by atoms with van der Waals surface area (Å²) in [5, 5.41) is 14.5. The van der Waals surface area contributed by atoms with Gasteiger partial charge in [-0.1, -0.05) is 26.0 Å². The first-order valence-electron chi connectivity index (χ1n) is 6.25. The molecule has 0 bridgehead atoms. The quantitative estimate of drug-likeness (QED) is 0.776. The van der Waals surface area contributed by atoms with Gasteiger partial charge in [0.1, 0.15) is 0 Å². The third kappa shape index (κ3) is 3.47. The van der Waals surface area contributed by atoms with Crippen LogP contribution in [-0.4, -0.2) is 23.1 Å². The molecule has 102 valence electrons. The van der Waals surface area contributed by atoms with Crippen molar-refractivity contribution in [2.75, 3.05) is 0 Å². The number of benzene rings is 1. The lowest BCUT2D eigenvalue weighted by atomic mass is 10.1. The Balaban J connectivity index is 1.83. The van der Waals surface area contributed by atoms with Crippen molar-refractivity contribution >= 4 is 12.0 Å². The molecule has 5 heteroatoms. The SMILES string of the molecule is CC1(C)CC1NC(=O)NCc1cccc(C(=O)O)c1. The molecule has 1 atom stereocenters. The lowest BCUT2D eigenvalue weighted by Crippen LogP contribution is -2.37. The van der Waals surface area contributed by atoms with E-state index in [1.807, 2.05) is 0 Å². The van der Waals surface area contributed by atoms with E-state index in [-0.39, 0.29) is 23.1 Å². The monoisotopic (exact) mass is 262 g/mol. The van der Waals surface area contributed by atoms with Crippen molar-refractivity contribution in [1.29, 1.82) is 0 Å². The summed E-state index contributed by atoms with van der Waals surface area (Å²) < 4.78 is 0. The van der Waals surface area contributed by atoms with Gasteiger partial charge in [-0.05, 0) is 29.5 Å². The Morgan fingerprint density at radius 1 is 1.42 bits per heavy atom. The van der Waals surface area contributed by atoms with Crippen LogP contribution in [0.5, 0.6) is 0 Å². The van der Waals surface area contributed by atoms with Crippen LogP contribution >= 0.6 is 0 Å². The predicted octanol–water partition coefficient (Wildman–Crippen LogP) is 1.98. The maximum atomic E-state index is 11.6. The van der Waals surface area contributed by atoms with Crippen molar-refractivity contribution < 1.29 is 14.7 Å². The van der Waals surface area contributed by atoms with E-state index in [4.69, 9.17) is 5.11 Å². The molecule has 1 aromatic rings. The van der Waals surface area contributed by atoms with Gasteiger partial charge in [0, 0.05) is 12.6 Å². The molecule has 0 heterocycles. The summed E-state index contributed by atoms with van der Waals surface area (Å²) in [5.74, 6) is -0.967. The topological polar surface area (TPSA) is 78.4 Å². The number of carbonyl (C=O) groups excluding carboxylic acids is 1. The first-order chi connectivity index (χ1) is 8.88. The predicted molar refractivity (Wildman–Crippen MR) is 71.0 cm³/mol. The van der Waals surface area contributed by atoms with Crippen molar-refractivity contribution in [2.24, 2.45) is 5.41 Å². The van der Waals surface area contributed by atoms with Gasteiger partial charge >= 0.3 is 12.0 Å². The number of carboxylic acid groups (broad SMARTS) is 1. The Labute approximate surface area is 112 Å². The average molecular weight is 262 g/mol. The van der Waals surface area contributed by atoms with E-state index in [2.05, 4.69) is 24.5 Å². The molecular formula is C14H18N2O3. The van der Waals surface area contributed by atoms with Crippen LogP contribution < -0.4 is 10.6 Å². The number of carboxylic acids is 1. The van der Waals surface area contributed by atoms with Gasteiger partial charge in [0.05, 0.1) is 5.56 Å². The Kier molecular flexibility index (Phi) is 3.46. The number of hydrogen-bond donors (Lipinski definition) is 3. The normalized spacial score (nSPS) is 19.6. The van der Waals surface area contributed by atoms with Gasteiger partial charge in [0.2, 0.25) is 0 Å². The van der Waals surface area contributed by atoms with E-state index < -0.39 is 5.97 Å². The number of urea groups is 1. The summed E-state index contributed by atoms with van der Waals surface area (Å²) in [6, 6.07) is 6.56. The van der Waals surface area contributed by atoms with E-state index in [1.165, 1.54) is 6.07 Å². The lowest BCUT2D eigenvalue weighted by molar-refractivity contribution is 0.0696. The Bertz CT molecular complexity index is 511. The van der Waals surface area contributed by atoms with E-state index >= 15 is 0 Å². The zero-order valence-corrected chi connectivity index (χ0v) is 11.1. The largest absolute Gasteiger partial charge is 0.478 e. The molecule has 1 fully saturated rings. The Hall–Kier alpha value is -2.04. The lowest BCUT2D eigenvalue weighted by Gasteiger charge is -2.09. The smallest absolute Gasteiger partial charge is 0.335 e. The molecule has 1 aromatic carbocycles. The van der Waals surface area contributed by atoms with E-state index in [1.54, 1.807) is 18.2 Å². The molecule has 5 nitrogen and oxygen atoms in total. The van der Waals surface area contributed by atoms with Crippen molar-refractivity contribution in [3.8, 4) is 0 Å². The first kappa shape index (κ1) is 13.4. The maximum absolute atomic E-state index is 11.6. The number of hydrogen-bond acceptors (Lipinski definition) is 2. The fraction of sp³-hybridized carbons (Fsp3) is 0.429. The standard InChI is InChI=1S/C14H18N2O3/c1-14(2)7-11(14)16-13(19)15-8-9-4-3-5-10(6-9)12(17)18/h3-6,11H,7-8H2,1-2H3,(H,17,18)(H2,15,16,19). The highest BCUT2D eigenvalue weighted by atomic mass is 16.4. The molecule has 0 spiro atoms. The van der Waals surface area contributed by atoms with Gasteiger partial charge < -0.3 is 15.7 Å². The molecule has 1 saturated carbocycles. The molecule has 3 N–H and O–H groups in total. The number of aromatic carboxylic acids is 1. The highest BCUT2D eigenvalue weighted by Crippen LogP contribution is 2.44. The summed E-state index contributed by atoms with van der Waals surface area (Å²) in [5.41, 5.74) is 1.19. The van der Waals surface area contributed by atoms with Gasteiger partial charge in [0.25, 0.3) is 0 Å². The molecule has 0 aromatic heterocycles. The summed E-state index contributed by atoms with van der Waals surface area (Å²) in [6.07, 6.45) is 0.995. The minimum atomic E-state index is -0.967. The molecule has 1 unspecified atom stereocenters. The van der Waals surface area contributed by atoms with E-state index in [0.29, 0.717) is 6.54 Å². The molecular weight excluding hydrogens is 244 g/mol. The maximum Gasteiger partial charge on any atom is 0.335 e. The van der Waals surface area contributed by atoms with Gasteiger partial charge in [-0.25, -0.2) is 9.59 Å². The summed E-state index contributed by atoms with van der Waals surface area (Å²) in [6.45, 7) is 4.53. The molecule has 0 radical (unpaired) electrons. The second-order valence-electron chi connectivity index (χ2n) is 5.58. The fourth-order valence-electron chi connectivity index (χ4n) is 1.92. The van der Waals surface area contributed by atoms with Crippen molar-refractivity contribution in [3.05, 3.63) is 35.4 Å². The second kappa shape index (κ2) is 4.91. The zero-order chi connectivity index (χ0) is 14.0. The van der Waals surface area contributed by atoms with E-state index in [9.17, 15) is 9.59 Å². The highest BCUT2D eigenvalue weighted by Gasteiger charge is 2.46. The minimum absolute atomic E-state index is 0.195. The van der Waals surface area contributed by atoms with Crippen LogP contribution in [0.25, 0.3) is 0 Å². The third-order valence-electron chi connectivity index (χ3n) is 3.45. The summed E-state index contributed by atoms with van der Waals surface area (Å²) >= 11 is 0. The molecule has 1 aliphatic rings. The Morgan fingerprint density at radius 2 is 2.11 bits per heavy atom. The van der Waals surface area contributed by atoms with E-state index in [0.717, 1.165) is 12.0 Å². The molecule has 2 amide bonds. The number of rotatable bonds is 4. The van der Waals surface area contributed by atoms with Crippen LogP contribution in [0.1, 0.15) is 36.2 Å². The van der Waals surface area contributed by atoms with Crippen molar-refractivity contribution in [2.45, 2.75) is 32.9 Å². The molecule has 19 heavy (non-hydrogen) atoms. The van der Waals surface area contributed by atoms with Gasteiger partial charge in [0.15, 0.2) is 0 Å². The molecule has 0 aliphatic heterocycles. The van der Waals surface area contributed by atoms with Gasteiger partial charge in [-0.2, -0.15) is 0 Å². The highest BCUT2D eigenvalue weighted by molar-refractivity contribution is 5.87. The molecule has 0 saturated heterocycles. The first-order valence-corrected chi connectivity index (χ1v) is 6.25. The van der Waals surface area contributed by atoms with Gasteiger partial charge in [-0.15, -0.1) is 0 Å². The number of carbonyl (C=O) groups is 2. The summed E-state index contributed by atoms with van der Waals surface area (Å²) in [7, 11) is 0. The Morgan fingerprint density at radius 3 is 2.68 bits per heavy atom. The van der Waals surface area contributed by atoms with Crippen LogP contribution in [0.15, 0.2) is 24.3 Å². The van der Waals surface area contributed by atoms with Crippen LogP contribution in [0, 0.1) is 5.41 Å². The number of nitrogens with one attached hydrogen (secondary N) is 2.